The molecule has 9 heteroatoms. The third kappa shape index (κ3) is 4.14. The Hall–Kier alpha value is -2.55. The SMILES string of the molecule is CN1CCCC(Oc2ccc3ncc(C4=CCCC=C4OC(F)(F)F)n3n2)C1. The number of ether oxygens (including phenoxy) is 2. The highest BCUT2D eigenvalue weighted by atomic mass is 19.4. The molecule has 0 spiro atoms. The van der Waals surface area contributed by atoms with Crippen molar-refractivity contribution in [3.63, 3.8) is 0 Å². The van der Waals surface area contributed by atoms with E-state index in [2.05, 4.69) is 19.7 Å². The average Bonchev–Trinajstić information content (AvgIpc) is 3.04. The fourth-order valence-electron chi connectivity index (χ4n) is 3.59. The normalized spacial score (nSPS) is 21.4. The number of hydrogen-bond acceptors (Lipinski definition) is 5. The maximum Gasteiger partial charge on any atom is 0.573 e. The maximum absolute atomic E-state index is 12.8. The van der Waals surface area contributed by atoms with Crippen LogP contribution in [0, 0.1) is 0 Å². The standard InChI is InChI=1S/C19H21F3N4O2/c1-25-10-4-5-13(12-25)27-18-9-8-17-23-11-15(26(17)24-18)14-6-2-3-7-16(14)28-19(20,21)22/h6-9,11,13H,2-5,10,12H2,1H3. The molecule has 2 aromatic heterocycles. The van der Waals surface area contributed by atoms with E-state index in [0.29, 0.717) is 35.6 Å². The topological polar surface area (TPSA) is 51.9 Å². The molecule has 0 saturated carbocycles. The van der Waals surface area contributed by atoms with E-state index in [0.717, 1.165) is 25.9 Å². The summed E-state index contributed by atoms with van der Waals surface area (Å²) in [5, 5.41) is 4.47. The average molecular weight is 394 g/mol. The molecule has 1 aliphatic carbocycles. The number of likely N-dealkylation sites (N-methyl/N-ethyl adjacent to an activating group) is 1. The number of piperidine rings is 1. The van der Waals surface area contributed by atoms with Crippen LogP contribution < -0.4 is 4.74 Å². The molecule has 0 bridgehead atoms. The summed E-state index contributed by atoms with van der Waals surface area (Å²) in [7, 11) is 2.05. The van der Waals surface area contributed by atoms with Gasteiger partial charge >= 0.3 is 6.36 Å². The van der Waals surface area contributed by atoms with E-state index in [-0.39, 0.29) is 11.9 Å². The van der Waals surface area contributed by atoms with Gasteiger partial charge in [0.2, 0.25) is 5.88 Å². The van der Waals surface area contributed by atoms with E-state index in [1.54, 1.807) is 18.2 Å². The largest absolute Gasteiger partial charge is 0.573 e. The zero-order chi connectivity index (χ0) is 19.7. The molecule has 2 aromatic rings. The van der Waals surface area contributed by atoms with Gasteiger partial charge in [0.1, 0.15) is 11.9 Å². The second-order valence-corrected chi connectivity index (χ2v) is 7.04. The molecule has 28 heavy (non-hydrogen) atoms. The Morgan fingerprint density at radius 1 is 1.18 bits per heavy atom. The third-order valence-corrected chi connectivity index (χ3v) is 4.82. The van der Waals surface area contributed by atoms with Gasteiger partial charge in [0.15, 0.2) is 5.65 Å². The van der Waals surface area contributed by atoms with Gasteiger partial charge in [-0.1, -0.05) is 6.08 Å². The summed E-state index contributed by atoms with van der Waals surface area (Å²) in [5.74, 6) is 0.202. The van der Waals surface area contributed by atoms with Gasteiger partial charge in [-0.2, -0.15) is 0 Å². The lowest BCUT2D eigenvalue weighted by molar-refractivity contribution is -0.302. The molecule has 1 aliphatic heterocycles. The van der Waals surface area contributed by atoms with Crippen LogP contribution in [0.3, 0.4) is 0 Å². The smallest absolute Gasteiger partial charge is 0.472 e. The van der Waals surface area contributed by atoms with Crippen LogP contribution in [0.5, 0.6) is 5.88 Å². The molecule has 2 aliphatic rings. The molecule has 0 radical (unpaired) electrons. The Kier molecular flexibility index (Phi) is 5.01. The lowest BCUT2D eigenvalue weighted by Crippen LogP contribution is -2.38. The van der Waals surface area contributed by atoms with Crippen LogP contribution in [-0.4, -0.2) is 52.1 Å². The van der Waals surface area contributed by atoms with E-state index in [4.69, 9.17) is 4.74 Å². The highest BCUT2D eigenvalue weighted by Gasteiger charge is 2.34. The number of aromatic nitrogens is 3. The van der Waals surface area contributed by atoms with Gasteiger partial charge in [0.25, 0.3) is 0 Å². The molecule has 6 nitrogen and oxygen atoms in total. The lowest BCUT2D eigenvalue weighted by atomic mass is 10.0. The molecule has 150 valence electrons. The van der Waals surface area contributed by atoms with Crippen molar-refractivity contribution in [1.29, 1.82) is 0 Å². The summed E-state index contributed by atoms with van der Waals surface area (Å²) in [6.07, 6.45) is 3.06. The zero-order valence-corrected chi connectivity index (χ0v) is 15.4. The first-order valence-electron chi connectivity index (χ1n) is 9.26. The van der Waals surface area contributed by atoms with E-state index < -0.39 is 6.36 Å². The monoisotopic (exact) mass is 394 g/mol. The van der Waals surface area contributed by atoms with Crippen LogP contribution in [0.1, 0.15) is 31.4 Å². The van der Waals surface area contributed by atoms with E-state index in [1.165, 1.54) is 16.8 Å². The molecule has 1 atom stereocenters. The molecule has 3 heterocycles. The number of rotatable bonds is 4. The Balaban J connectivity index is 1.62. The van der Waals surface area contributed by atoms with Crippen molar-refractivity contribution in [2.24, 2.45) is 0 Å². The highest BCUT2D eigenvalue weighted by molar-refractivity contribution is 5.77. The highest BCUT2D eigenvalue weighted by Crippen LogP contribution is 2.34. The molecule has 4 rings (SSSR count). The van der Waals surface area contributed by atoms with Crippen molar-refractivity contribution >= 4 is 11.2 Å². The number of halogens is 3. The number of nitrogens with zero attached hydrogens (tertiary/aromatic N) is 4. The van der Waals surface area contributed by atoms with Crippen molar-refractivity contribution in [2.75, 3.05) is 20.1 Å². The molecule has 0 amide bonds. The van der Waals surface area contributed by atoms with E-state index >= 15 is 0 Å². The van der Waals surface area contributed by atoms with Gasteiger partial charge < -0.3 is 14.4 Å². The Morgan fingerprint density at radius 2 is 2.00 bits per heavy atom. The van der Waals surface area contributed by atoms with Gasteiger partial charge in [0.05, 0.1) is 11.9 Å². The molecule has 1 fully saturated rings. The van der Waals surface area contributed by atoms with Crippen molar-refractivity contribution in [1.82, 2.24) is 19.5 Å². The van der Waals surface area contributed by atoms with Crippen molar-refractivity contribution < 1.29 is 22.6 Å². The third-order valence-electron chi connectivity index (χ3n) is 4.82. The number of likely N-dealkylation sites (tertiary alicyclic amines) is 1. The summed E-state index contributed by atoms with van der Waals surface area (Å²) >= 11 is 0. The number of allylic oxidation sites excluding steroid dienone is 3. The fourth-order valence-corrected chi connectivity index (χ4v) is 3.59. The quantitative estimate of drug-likeness (QED) is 0.790. The lowest BCUT2D eigenvalue weighted by Gasteiger charge is -2.29. The number of hydrogen-bond donors (Lipinski definition) is 0. The minimum Gasteiger partial charge on any atom is -0.472 e. The van der Waals surface area contributed by atoms with Crippen molar-refractivity contribution in [2.45, 2.75) is 38.1 Å². The second kappa shape index (κ2) is 7.46. The first-order valence-corrected chi connectivity index (χ1v) is 9.26. The Morgan fingerprint density at radius 3 is 2.79 bits per heavy atom. The van der Waals surface area contributed by atoms with Crippen molar-refractivity contribution in [3.05, 3.63) is 41.9 Å². The first kappa shape index (κ1) is 18.8. The second-order valence-electron chi connectivity index (χ2n) is 7.04. The summed E-state index contributed by atoms with van der Waals surface area (Å²) in [6, 6.07) is 3.48. The van der Waals surface area contributed by atoms with Crippen LogP contribution in [0.4, 0.5) is 13.2 Å². The predicted octanol–water partition coefficient (Wildman–Crippen LogP) is 3.80. The van der Waals surface area contributed by atoms with Gasteiger partial charge in [0, 0.05) is 18.2 Å². The minimum atomic E-state index is -4.75. The number of alkyl halides is 3. The number of fused-ring (bicyclic) bond motifs is 1. The van der Waals surface area contributed by atoms with Crippen molar-refractivity contribution in [3.8, 4) is 5.88 Å². The van der Waals surface area contributed by atoms with Gasteiger partial charge in [-0.05, 0) is 51.4 Å². The van der Waals surface area contributed by atoms with Gasteiger partial charge in [-0.3, -0.25) is 0 Å². The molecule has 0 N–H and O–H groups in total. The minimum absolute atomic E-state index is 0.0357. The van der Waals surface area contributed by atoms with Crippen LogP contribution in [0.15, 0.2) is 36.2 Å². The molecular weight excluding hydrogens is 373 g/mol. The van der Waals surface area contributed by atoms with Crippen LogP contribution in [-0.2, 0) is 4.74 Å². The Bertz CT molecular complexity index is 920. The maximum atomic E-state index is 12.8. The van der Waals surface area contributed by atoms with Gasteiger partial charge in [-0.15, -0.1) is 18.3 Å². The first-order chi connectivity index (χ1) is 13.4. The molecule has 1 saturated heterocycles. The summed E-state index contributed by atoms with van der Waals surface area (Å²) in [6.45, 7) is 1.86. The van der Waals surface area contributed by atoms with Crippen LogP contribution >= 0.6 is 0 Å². The summed E-state index contributed by atoms with van der Waals surface area (Å²) in [4.78, 5) is 6.46. The predicted molar refractivity (Wildman–Crippen MR) is 96.6 cm³/mol. The Labute approximate surface area is 160 Å². The van der Waals surface area contributed by atoms with E-state index in [1.807, 2.05) is 7.05 Å². The fraction of sp³-hybridized carbons (Fsp3) is 0.474. The summed E-state index contributed by atoms with van der Waals surface area (Å²) < 4.78 is 50.0. The van der Waals surface area contributed by atoms with Gasteiger partial charge in [-0.25, -0.2) is 9.50 Å². The van der Waals surface area contributed by atoms with Crippen LogP contribution in [0.25, 0.3) is 11.2 Å². The molecule has 1 unspecified atom stereocenters. The zero-order valence-electron chi connectivity index (χ0n) is 15.4. The molecular formula is C19H21F3N4O2. The van der Waals surface area contributed by atoms with E-state index in [9.17, 15) is 13.2 Å². The van der Waals surface area contributed by atoms with Crippen LogP contribution in [0.2, 0.25) is 0 Å². The molecule has 0 aromatic carbocycles. The number of imidazole rings is 1. The summed E-state index contributed by atoms with van der Waals surface area (Å²) in [5.41, 5.74) is 1.30.